The van der Waals surface area contributed by atoms with Crippen LogP contribution < -0.4 is 10.6 Å². The number of hydrogen-bond donors (Lipinski definition) is 2. The Hall–Kier alpha value is -1.73. The van der Waals surface area contributed by atoms with Gasteiger partial charge in [0.25, 0.3) is 5.91 Å². The fourth-order valence-electron chi connectivity index (χ4n) is 1.64. The predicted molar refractivity (Wildman–Crippen MR) is 84.6 cm³/mol. The van der Waals surface area contributed by atoms with Crippen LogP contribution in [0.25, 0.3) is 0 Å². The van der Waals surface area contributed by atoms with Gasteiger partial charge in [-0.15, -0.1) is 10.2 Å². The summed E-state index contributed by atoms with van der Waals surface area (Å²) in [4.78, 5) is 16.0. The molecule has 118 valence electrons. The summed E-state index contributed by atoms with van der Waals surface area (Å²) in [6.07, 6.45) is 1.03. The van der Waals surface area contributed by atoms with Crippen LogP contribution in [0.2, 0.25) is 0 Å². The minimum atomic E-state index is -0.191. The Bertz CT molecular complexity index is 418. The monoisotopic (exact) mass is 294 g/mol. The Morgan fingerprint density at radius 2 is 1.76 bits per heavy atom. The molecule has 2 N–H and O–H groups in total. The second kappa shape index (κ2) is 9.25. The summed E-state index contributed by atoms with van der Waals surface area (Å²) in [7, 11) is 8.01. The molecule has 0 unspecified atom stereocenters. The third kappa shape index (κ3) is 7.57. The number of carbonyl (C=O) groups excluding carboxylic acids is 1. The van der Waals surface area contributed by atoms with E-state index in [4.69, 9.17) is 0 Å². The number of nitrogens with zero attached hydrogens (tertiary/aromatic N) is 4. The molecule has 0 radical (unpaired) electrons. The molecule has 0 saturated heterocycles. The van der Waals surface area contributed by atoms with Gasteiger partial charge in [-0.05, 0) is 53.3 Å². The van der Waals surface area contributed by atoms with E-state index < -0.39 is 0 Å². The van der Waals surface area contributed by atoms with Crippen LogP contribution in [0.5, 0.6) is 0 Å². The number of anilines is 1. The molecule has 1 aromatic heterocycles. The molecule has 1 heterocycles. The third-order valence-electron chi connectivity index (χ3n) is 2.83. The highest BCUT2D eigenvalue weighted by molar-refractivity contribution is 5.92. The highest BCUT2D eigenvalue weighted by Gasteiger charge is 2.07. The molecule has 1 rings (SSSR count). The van der Waals surface area contributed by atoms with E-state index in [0.29, 0.717) is 18.1 Å². The van der Waals surface area contributed by atoms with Crippen molar-refractivity contribution in [1.82, 2.24) is 25.3 Å². The summed E-state index contributed by atoms with van der Waals surface area (Å²) >= 11 is 0. The van der Waals surface area contributed by atoms with Crippen LogP contribution in [0.4, 0.5) is 5.82 Å². The van der Waals surface area contributed by atoms with E-state index in [1.807, 2.05) is 33.1 Å². The molecular formula is C14H26N6O. The maximum atomic E-state index is 11.8. The van der Waals surface area contributed by atoms with Crippen molar-refractivity contribution in [2.45, 2.75) is 6.42 Å². The van der Waals surface area contributed by atoms with E-state index in [2.05, 4.69) is 25.7 Å². The summed E-state index contributed by atoms with van der Waals surface area (Å²) in [6, 6.07) is 3.47. The highest BCUT2D eigenvalue weighted by atomic mass is 16.1. The zero-order valence-electron chi connectivity index (χ0n) is 13.4. The van der Waals surface area contributed by atoms with Gasteiger partial charge in [0.2, 0.25) is 0 Å². The van der Waals surface area contributed by atoms with Gasteiger partial charge in [0, 0.05) is 19.6 Å². The molecule has 0 bridgehead atoms. The second-order valence-corrected chi connectivity index (χ2v) is 5.45. The molecule has 1 aromatic rings. The van der Waals surface area contributed by atoms with Crippen molar-refractivity contribution in [2.75, 3.05) is 59.7 Å². The quantitative estimate of drug-likeness (QED) is 0.631. The Balaban J connectivity index is 2.34. The molecule has 7 heteroatoms. The van der Waals surface area contributed by atoms with Crippen LogP contribution in [-0.2, 0) is 0 Å². The summed E-state index contributed by atoms with van der Waals surface area (Å²) in [6.45, 7) is 3.25. The van der Waals surface area contributed by atoms with E-state index >= 15 is 0 Å². The lowest BCUT2D eigenvalue weighted by atomic mass is 10.3. The van der Waals surface area contributed by atoms with Crippen molar-refractivity contribution in [3.8, 4) is 0 Å². The molecule has 1 amide bonds. The van der Waals surface area contributed by atoms with Gasteiger partial charge in [-0.25, -0.2) is 0 Å². The third-order valence-corrected chi connectivity index (χ3v) is 2.83. The molecule has 0 saturated carbocycles. The largest absolute Gasteiger partial charge is 0.369 e. The van der Waals surface area contributed by atoms with Crippen molar-refractivity contribution >= 4 is 11.7 Å². The lowest BCUT2D eigenvalue weighted by molar-refractivity contribution is 0.0945. The average molecular weight is 294 g/mol. The maximum absolute atomic E-state index is 11.8. The predicted octanol–water partition coefficient (Wildman–Crippen LogP) is 0.132. The van der Waals surface area contributed by atoms with Crippen LogP contribution in [0.3, 0.4) is 0 Å². The van der Waals surface area contributed by atoms with Crippen LogP contribution in [-0.4, -0.2) is 80.3 Å². The lowest BCUT2D eigenvalue weighted by Gasteiger charge is -2.11. The van der Waals surface area contributed by atoms with Crippen LogP contribution in [0, 0.1) is 0 Å². The summed E-state index contributed by atoms with van der Waals surface area (Å²) < 4.78 is 0. The first-order chi connectivity index (χ1) is 9.99. The highest BCUT2D eigenvalue weighted by Crippen LogP contribution is 2.02. The zero-order chi connectivity index (χ0) is 15.7. The Kier molecular flexibility index (Phi) is 7.63. The van der Waals surface area contributed by atoms with E-state index in [1.165, 1.54) is 0 Å². The van der Waals surface area contributed by atoms with Crippen molar-refractivity contribution in [3.63, 3.8) is 0 Å². The van der Waals surface area contributed by atoms with E-state index in [0.717, 1.165) is 26.1 Å². The SMILES string of the molecule is CN(C)CCCNc1ccc(C(=O)NCCN(C)C)nn1. The number of aromatic nitrogens is 2. The Labute approximate surface area is 126 Å². The normalized spacial score (nSPS) is 11.0. The van der Waals surface area contributed by atoms with Gasteiger partial charge in [-0.2, -0.15) is 0 Å². The maximum Gasteiger partial charge on any atom is 0.271 e. The fraction of sp³-hybridized carbons (Fsp3) is 0.643. The summed E-state index contributed by atoms with van der Waals surface area (Å²) in [5.41, 5.74) is 0.340. The molecule has 0 spiro atoms. The van der Waals surface area contributed by atoms with E-state index in [9.17, 15) is 4.79 Å². The van der Waals surface area contributed by atoms with Crippen LogP contribution in [0.15, 0.2) is 12.1 Å². The summed E-state index contributed by atoms with van der Waals surface area (Å²) in [5, 5.41) is 13.9. The van der Waals surface area contributed by atoms with Gasteiger partial charge in [0.1, 0.15) is 5.82 Å². The van der Waals surface area contributed by atoms with Crippen molar-refractivity contribution < 1.29 is 4.79 Å². The topological polar surface area (TPSA) is 73.4 Å². The first-order valence-corrected chi connectivity index (χ1v) is 7.14. The minimum Gasteiger partial charge on any atom is -0.369 e. The molecule has 0 aliphatic carbocycles. The smallest absolute Gasteiger partial charge is 0.271 e. The van der Waals surface area contributed by atoms with Gasteiger partial charge in [0.15, 0.2) is 5.69 Å². The molecule has 7 nitrogen and oxygen atoms in total. The molecule has 0 aliphatic heterocycles. The van der Waals surface area contributed by atoms with Crippen molar-refractivity contribution in [3.05, 3.63) is 17.8 Å². The first kappa shape index (κ1) is 17.3. The minimum absolute atomic E-state index is 0.191. The van der Waals surface area contributed by atoms with Gasteiger partial charge in [0.05, 0.1) is 0 Å². The molecule has 0 aromatic carbocycles. The molecular weight excluding hydrogens is 268 g/mol. The van der Waals surface area contributed by atoms with E-state index in [1.54, 1.807) is 12.1 Å². The van der Waals surface area contributed by atoms with Gasteiger partial charge >= 0.3 is 0 Å². The average Bonchev–Trinajstić information content (AvgIpc) is 2.43. The molecule has 0 aliphatic rings. The molecule has 21 heavy (non-hydrogen) atoms. The lowest BCUT2D eigenvalue weighted by Crippen LogP contribution is -2.31. The van der Waals surface area contributed by atoms with Gasteiger partial charge in [-0.1, -0.05) is 0 Å². The number of hydrogen-bond acceptors (Lipinski definition) is 6. The number of nitrogens with one attached hydrogen (secondary N) is 2. The number of likely N-dealkylation sites (N-methyl/N-ethyl adjacent to an activating group) is 1. The van der Waals surface area contributed by atoms with Gasteiger partial charge in [-0.3, -0.25) is 4.79 Å². The van der Waals surface area contributed by atoms with Crippen LogP contribution in [0.1, 0.15) is 16.9 Å². The number of rotatable bonds is 9. The molecule has 0 atom stereocenters. The summed E-state index contributed by atoms with van der Waals surface area (Å²) in [5.74, 6) is 0.502. The Morgan fingerprint density at radius 1 is 1.05 bits per heavy atom. The number of amides is 1. The molecule has 0 fully saturated rings. The Morgan fingerprint density at radius 3 is 2.33 bits per heavy atom. The second-order valence-electron chi connectivity index (χ2n) is 5.45. The standard InChI is InChI=1S/C14H26N6O/c1-19(2)10-5-8-15-13-7-6-12(17-18-13)14(21)16-9-11-20(3)4/h6-7H,5,8-11H2,1-4H3,(H,15,18)(H,16,21). The number of carbonyl (C=O) groups is 1. The van der Waals surface area contributed by atoms with Gasteiger partial charge < -0.3 is 20.4 Å². The fourth-order valence-corrected chi connectivity index (χ4v) is 1.64. The zero-order valence-corrected chi connectivity index (χ0v) is 13.4. The van der Waals surface area contributed by atoms with Crippen LogP contribution >= 0.6 is 0 Å². The van der Waals surface area contributed by atoms with Crippen molar-refractivity contribution in [2.24, 2.45) is 0 Å². The van der Waals surface area contributed by atoms with E-state index in [-0.39, 0.29) is 5.91 Å². The van der Waals surface area contributed by atoms with Crippen molar-refractivity contribution in [1.29, 1.82) is 0 Å². The first-order valence-electron chi connectivity index (χ1n) is 7.14.